The van der Waals surface area contributed by atoms with Crippen LogP contribution in [0.5, 0.6) is 0 Å². The van der Waals surface area contributed by atoms with Crippen LogP contribution in [0.25, 0.3) is 10.8 Å². The standard InChI is InChI=1S/C21H23N3O3S/c1-15-14-28-21(22-15)23-19(25)13-24(10-5-11-27-2)20(26)18-9-8-16-6-3-4-7-17(16)12-18/h3-4,6-9,12,14H,5,10-11,13H2,1-2H3,(H,22,23,25). The monoisotopic (exact) mass is 397 g/mol. The summed E-state index contributed by atoms with van der Waals surface area (Å²) >= 11 is 1.37. The van der Waals surface area contributed by atoms with Crippen molar-refractivity contribution in [3.8, 4) is 0 Å². The van der Waals surface area contributed by atoms with E-state index in [-0.39, 0.29) is 18.4 Å². The number of benzene rings is 2. The zero-order chi connectivity index (χ0) is 19.9. The second kappa shape index (κ2) is 9.43. The van der Waals surface area contributed by atoms with Gasteiger partial charge < -0.3 is 15.0 Å². The molecule has 0 spiro atoms. The lowest BCUT2D eigenvalue weighted by molar-refractivity contribution is -0.116. The van der Waals surface area contributed by atoms with Gasteiger partial charge >= 0.3 is 0 Å². The molecule has 3 rings (SSSR count). The molecule has 0 aliphatic heterocycles. The van der Waals surface area contributed by atoms with Gasteiger partial charge in [0.1, 0.15) is 6.54 Å². The van der Waals surface area contributed by atoms with Crippen molar-refractivity contribution in [3.05, 3.63) is 59.1 Å². The van der Waals surface area contributed by atoms with E-state index in [0.29, 0.717) is 30.3 Å². The van der Waals surface area contributed by atoms with Crippen molar-refractivity contribution in [2.75, 3.05) is 32.1 Å². The smallest absolute Gasteiger partial charge is 0.254 e. The van der Waals surface area contributed by atoms with Crippen molar-refractivity contribution in [1.29, 1.82) is 0 Å². The van der Waals surface area contributed by atoms with Crippen molar-refractivity contribution in [3.63, 3.8) is 0 Å². The lowest BCUT2D eigenvalue weighted by Crippen LogP contribution is -2.39. The van der Waals surface area contributed by atoms with Gasteiger partial charge in [0.05, 0.1) is 5.69 Å². The van der Waals surface area contributed by atoms with Gasteiger partial charge in [-0.2, -0.15) is 0 Å². The Hall–Kier alpha value is -2.77. The highest BCUT2D eigenvalue weighted by molar-refractivity contribution is 7.13. The minimum Gasteiger partial charge on any atom is -0.385 e. The lowest BCUT2D eigenvalue weighted by Gasteiger charge is -2.22. The Morgan fingerprint density at radius 3 is 2.68 bits per heavy atom. The molecule has 0 radical (unpaired) electrons. The molecular weight excluding hydrogens is 374 g/mol. The summed E-state index contributed by atoms with van der Waals surface area (Å²) < 4.78 is 5.09. The van der Waals surface area contributed by atoms with Gasteiger partial charge in [-0.15, -0.1) is 11.3 Å². The zero-order valence-corrected chi connectivity index (χ0v) is 16.8. The Labute approximate surface area is 168 Å². The maximum atomic E-state index is 13.1. The molecule has 0 saturated heterocycles. The van der Waals surface area contributed by atoms with E-state index in [1.54, 1.807) is 18.1 Å². The number of methoxy groups -OCH3 is 1. The lowest BCUT2D eigenvalue weighted by atomic mass is 10.1. The summed E-state index contributed by atoms with van der Waals surface area (Å²) in [5, 5.41) is 7.23. The third-order valence-electron chi connectivity index (χ3n) is 4.26. The maximum Gasteiger partial charge on any atom is 0.254 e. The van der Waals surface area contributed by atoms with E-state index in [2.05, 4.69) is 10.3 Å². The van der Waals surface area contributed by atoms with Crippen molar-refractivity contribution >= 4 is 39.1 Å². The molecule has 146 valence electrons. The maximum absolute atomic E-state index is 13.1. The molecule has 7 heteroatoms. The second-order valence-corrected chi connectivity index (χ2v) is 7.34. The van der Waals surface area contributed by atoms with Crippen LogP contribution >= 0.6 is 11.3 Å². The van der Waals surface area contributed by atoms with Crippen molar-refractivity contribution in [1.82, 2.24) is 9.88 Å². The van der Waals surface area contributed by atoms with E-state index >= 15 is 0 Å². The summed E-state index contributed by atoms with van der Waals surface area (Å²) in [5.41, 5.74) is 1.42. The van der Waals surface area contributed by atoms with Gasteiger partial charge in [0, 0.05) is 31.2 Å². The summed E-state index contributed by atoms with van der Waals surface area (Å²) in [4.78, 5) is 31.3. The fourth-order valence-electron chi connectivity index (χ4n) is 2.90. The number of fused-ring (bicyclic) bond motifs is 1. The molecule has 0 saturated carbocycles. The Morgan fingerprint density at radius 1 is 1.18 bits per heavy atom. The Morgan fingerprint density at radius 2 is 1.96 bits per heavy atom. The van der Waals surface area contributed by atoms with Crippen LogP contribution in [0.4, 0.5) is 5.13 Å². The molecule has 1 heterocycles. The molecule has 2 amide bonds. The number of aromatic nitrogens is 1. The summed E-state index contributed by atoms with van der Waals surface area (Å²) in [6, 6.07) is 13.5. The summed E-state index contributed by atoms with van der Waals surface area (Å²) in [6.45, 7) is 2.79. The van der Waals surface area contributed by atoms with Crippen molar-refractivity contribution in [2.24, 2.45) is 0 Å². The number of nitrogens with zero attached hydrogens (tertiary/aromatic N) is 2. The number of thiazole rings is 1. The first kappa shape index (κ1) is 20.0. The Balaban J connectivity index is 1.74. The SMILES string of the molecule is COCCCN(CC(=O)Nc1nc(C)cs1)C(=O)c1ccc2ccccc2c1. The molecule has 1 N–H and O–H groups in total. The average Bonchev–Trinajstić information content (AvgIpc) is 3.10. The summed E-state index contributed by atoms with van der Waals surface area (Å²) in [7, 11) is 1.62. The topological polar surface area (TPSA) is 71.5 Å². The molecule has 0 atom stereocenters. The normalized spacial score (nSPS) is 10.8. The second-order valence-electron chi connectivity index (χ2n) is 6.48. The third kappa shape index (κ3) is 5.15. The van der Waals surface area contributed by atoms with Crippen LogP contribution in [0.1, 0.15) is 22.5 Å². The molecule has 2 aromatic carbocycles. The van der Waals surface area contributed by atoms with Gasteiger partial charge in [0.25, 0.3) is 5.91 Å². The number of aryl methyl sites for hydroxylation is 1. The minimum absolute atomic E-state index is 0.0337. The average molecular weight is 398 g/mol. The first-order valence-electron chi connectivity index (χ1n) is 9.06. The van der Waals surface area contributed by atoms with Crippen LogP contribution in [0.15, 0.2) is 47.8 Å². The van der Waals surface area contributed by atoms with Crippen LogP contribution < -0.4 is 5.32 Å². The largest absolute Gasteiger partial charge is 0.385 e. The van der Waals surface area contributed by atoms with Crippen LogP contribution in [-0.2, 0) is 9.53 Å². The highest BCUT2D eigenvalue weighted by Gasteiger charge is 2.19. The Kier molecular flexibility index (Phi) is 6.73. The minimum atomic E-state index is -0.263. The molecule has 0 unspecified atom stereocenters. The van der Waals surface area contributed by atoms with Crippen molar-refractivity contribution < 1.29 is 14.3 Å². The first-order valence-corrected chi connectivity index (χ1v) is 9.94. The number of amides is 2. The van der Waals surface area contributed by atoms with Gasteiger partial charge in [-0.25, -0.2) is 4.98 Å². The van der Waals surface area contributed by atoms with Crippen molar-refractivity contribution in [2.45, 2.75) is 13.3 Å². The number of carbonyl (C=O) groups excluding carboxylic acids is 2. The number of anilines is 1. The summed E-state index contributed by atoms with van der Waals surface area (Å²) in [6.07, 6.45) is 0.652. The highest BCUT2D eigenvalue weighted by atomic mass is 32.1. The molecule has 0 bridgehead atoms. The number of hydrogen-bond acceptors (Lipinski definition) is 5. The van der Waals surface area contributed by atoms with Gasteiger partial charge in [-0.3, -0.25) is 9.59 Å². The van der Waals surface area contributed by atoms with Gasteiger partial charge in [0.15, 0.2) is 5.13 Å². The molecular formula is C21H23N3O3S. The Bertz CT molecular complexity index is 970. The first-order chi connectivity index (χ1) is 13.6. The highest BCUT2D eigenvalue weighted by Crippen LogP contribution is 2.18. The predicted octanol–water partition coefficient (Wildman–Crippen LogP) is 3.72. The van der Waals surface area contributed by atoms with Crippen LogP contribution in [0.2, 0.25) is 0 Å². The molecule has 1 aromatic heterocycles. The molecule has 6 nitrogen and oxygen atoms in total. The van der Waals surface area contributed by atoms with Crippen LogP contribution in [0, 0.1) is 6.92 Å². The van der Waals surface area contributed by atoms with Crippen LogP contribution in [0.3, 0.4) is 0 Å². The van der Waals surface area contributed by atoms with Crippen LogP contribution in [-0.4, -0.2) is 48.5 Å². The van der Waals surface area contributed by atoms with E-state index in [9.17, 15) is 9.59 Å². The van der Waals surface area contributed by atoms with E-state index in [1.165, 1.54) is 11.3 Å². The van der Waals surface area contributed by atoms with Gasteiger partial charge in [-0.05, 0) is 36.2 Å². The molecule has 3 aromatic rings. The molecule has 0 aliphatic rings. The van der Waals surface area contributed by atoms with Gasteiger partial charge in [0.2, 0.25) is 5.91 Å². The fourth-order valence-corrected chi connectivity index (χ4v) is 3.60. The van der Waals surface area contributed by atoms with Gasteiger partial charge in [-0.1, -0.05) is 30.3 Å². The number of hydrogen-bond donors (Lipinski definition) is 1. The zero-order valence-electron chi connectivity index (χ0n) is 16.0. The van der Waals surface area contributed by atoms with E-state index < -0.39 is 0 Å². The summed E-state index contributed by atoms with van der Waals surface area (Å²) in [5.74, 6) is -0.437. The molecule has 28 heavy (non-hydrogen) atoms. The number of carbonyl (C=O) groups is 2. The van der Waals surface area contributed by atoms with E-state index in [0.717, 1.165) is 16.5 Å². The third-order valence-corrected chi connectivity index (χ3v) is 5.14. The van der Waals surface area contributed by atoms with E-state index in [1.807, 2.05) is 48.7 Å². The number of rotatable bonds is 8. The number of nitrogens with one attached hydrogen (secondary N) is 1. The van der Waals surface area contributed by atoms with E-state index in [4.69, 9.17) is 4.74 Å². The number of ether oxygens (including phenoxy) is 1. The predicted molar refractivity (Wildman–Crippen MR) is 112 cm³/mol. The molecule has 0 aliphatic carbocycles. The quantitative estimate of drug-likeness (QED) is 0.588. The molecule has 0 fully saturated rings. The fraction of sp³-hybridized carbons (Fsp3) is 0.286.